The van der Waals surface area contributed by atoms with E-state index in [2.05, 4.69) is 24.5 Å². The van der Waals surface area contributed by atoms with E-state index >= 15 is 0 Å². The molecule has 0 radical (unpaired) electrons. The molecule has 2 fully saturated rings. The standard InChI is InChI=1S/C25H35N5O2/c1-16-9-8-12-21(17(16)2)27-22(31)15-29-14-13-26-25(32)24(29)23-18(3)28-30(19(23)4)20-10-6-5-7-11-20/h5-7,10-11,16-17,21,24H,8-9,12-15H2,1-4H3,(H,26,32)(H,27,31). The Kier molecular flexibility index (Phi) is 6.65. The van der Waals surface area contributed by atoms with Crippen LogP contribution in [0, 0.1) is 25.7 Å². The summed E-state index contributed by atoms with van der Waals surface area (Å²) < 4.78 is 1.88. The second kappa shape index (κ2) is 9.45. The van der Waals surface area contributed by atoms with Crippen molar-refractivity contribution in [3.63, 3.8) is 0 Å². The number of carbonyl (C=O) groups excluding carboxylic acids is 2. The van der Waals surface area contributed by atoms with Gasteiger partial charge in [0.2, 0.25) is 11.8 Å². The maximum atomic E-state index is 13.0. The maximum absolute atomic E-state index is 13.0. The largest absolute Gasteiger partial charge is 0.353 e. The molecule has 1 aliphatic carbocycles. The lowest BCUT2D eigenvalue weighted by Crippen LogP contribution is -2.54. The van der Waals surface area contributed by atoms with Crippen LogP contribution in [-0.4, -0.2) is 52.2 Å². The number of aromatic nitrogens is 2. The lowest BCUT2D eigenvalue weighted by Gasteiger charge is -2.37. The fourth-order valence-corrected chi connectivity index (χ4v) is 5.29. The molecule has 7 heteroatoms. The highest BCUT2D eigenvalue weighted by molar-refractivity contribution is 5.86. The van der Waals surface area contributed by atoms with E-state index in [-0.39, 0.29) is 24.4 Å². The summed E-state index contributed by atoms with van der Waals surface area (Å²) >= 11 is 0. The van der Waals surface area contributed by atoms with Crippen molar-refractivity contribution >= 4 is 11.8 Å². The quantitative estimate of drug-likeness (QED) is 0.754. The van der Waals surface area contributed by atoms with E-state index in [1.807, 2.05) is 53.8 Å². The first-order valence-electron chi connectivity index (χ1n) is 11.8. The highest BCUT2D eigenvalue weighted by Crippen LogP contribution is 2.31. The van der Waals surface area contributed by atoms with Gasteiger partial charge in [-0.15, -0.1) is 0 Å². The summed E-state index contributed by atoms with van der Waals surface area (Å²) in [6.45, 7) is 9.83. The zero-order chi connectivity index (χ0) is 22.8. The summed E-state index contributed by atoms with van der Waals surface area (Å²) in [5.41, 5.74) is 3.59. The second-order valence-electron chi connectivity index (χ2n) is 9.44. The summed E-state index contributed by atoms with van der Waals surface area (Å²) in [7, 11) is 0. The Bertz CT molecular complexity index is 970. The van der Waals surface area contributed by atoms with Crippen molar-refractivity contribution in [3.8, 4) is 5.69 Å². The van der Waals surface area contributed by atoms with Gasteiger partial charge in [-0.3, -0.25) is 14.5 Å². The molecule has 4 unspecified atom stereocenters. The van der Waals surface area contributed by atoms with Crippen molar-refractivity contribution in [3.05, 3.63) is 47.3 Å². The average molecular weight is 438 g/mol. The molecule has 0 bridgehead atoms. The second-order valence-corrected chi connectivity index (χ2v) is 9.44. The molecule has 32 heavy (non-hydrogen) atoms. The van der Waals surface area contributed by atoms with E-state index in [4.69, 9.17) is 5.10 Å². The molecule has 172 valence electrons. The van der Waals surface area contributed by atoms with Gasteiger partial charge >= 0.3 is 0 Å². The summed E-state index contributed by atoms with van der Waals surface area (Å²) in [6, 6.07) is 9.62. The van der Waals surface area contributed by atoms with Crippen LogP contribution in [0.2, 0.25) is 0 Å². The molecule has 1 saturated carbocycles. The van der Waals surface area contributed by atoms with Crippen LogP contribution in [0.25, 0.3) is 5.69 Å². The fraction of sp³-hybridized carbons (Fsp3) is 0.560. The van der Waals surface area contributed by atoms with Crippen LogP contribution in [0.1, 0.15) is 56.1 Å². The lowest BCUT2D eigenvalue weighted by atomic mass is 9.78. The van der Waals surface area contributed by atoms with Gasteiger partial charge in [0.25, 0.3) is 0 Å². The van der Waals surface area contributed by atoms with Gasteiger partial charge in [0, 0.05) is 30.4 Å². The summed E-state index contributed by atoms with van der Waals surface area (Å²) in [6.07, 6.45) is 3.41. The van der Waals surface area contributed by atoms with Gasteiger partial charge in [0.05, 0.1) is 17.9 Å². The third kappa shape index (κ3) is 4.44. The van der Waals surface area contributed by atoms with Crippen LogP contribution in [-0.2, 0) is 9.59 Å². The minimum atomic E-state index is -0.519. The summed E-state index contributed by atoms with van der Waals surface area (Å²) in [5.74, 6) is 1.03. The monoisotopic (exact) mass is 437 g/mol. The van der Waals surface area contributed by atoms with Crippen molar-refractivity contribution in [1.29, 1.82) is 0 Å². The number of aryl methyl sites for hydroxylation is 1. The van der Waals surface area contributed by atoms with Gasteiger partial charge < -0.3 is 10.6 Å². The first-order valence-corrected chi connectivity index (χ1v) is 11.8. The number of benzene rings is 1. The molecule has 1 aromatic carbocycles. The molecule has 1 aliphatic heterocycles. The first kappa shape index (κ1) is 22.5. The molecule has 4 rings (SSSR count). The smallest absolute Gasteiger partial charge is 0.242 e. The molecule has 4 atom stereocenters. The lowest BCUT2D eigenvalue weighted by molar-refractivity contribution is -0.132. The van der Waals surface area contributed by atoms with Gasteiger partial charge in [-0.05, 0) is 44.2 Å². The van der Waals surface area contributed by atoms with Crippen molar-refractivity contribution < 1.29 is 9.59 Å². The van der Waals surface area contributed by atoms with E-state index < -0.39 is 6.04 Å². The number of piperazine rings is 1. The Labute approximate surface area is 190 Å². The van der Waals surface area contributed by atoms with Gasteiger partial charge in [-0.2, -0.15) is 5.10 Å². The summed E-state index contributed by atoms with van der Waals surface area (Å²) in [5, 5.41) is 11.0. The SMILES string of the molecule is Cc1nn(-c2ccccc2)c(C)c1C1C(=O)NCCN1CC(=O)NC1CCCC(C)C1C. The van der Waals surface area contributed by atoms with E-state index in [1.54, 1.807) is 0 Å². The fourth-order valence-electron chi connectivity index (χ4n) is 5.29. The van der Waals surface area contributed by atoms with Gasteiger partial charge in [-0.1, -0.05) is 44.9 Å². The normalized spacial score (nSPS) is 26.6. The number of hydrogen-bond acceptors (Lipinski definition) is 4. The Balaban J connectivity index is 1.55. The predicted octanol–water partition coefficient (Wildman–Crippen LogP) is 2.90. The molecular weight excluding hydrogens is 402 g/mol. The molecule has 2 heterocycles. The van der Waals surface area contributed by atoms with Crippen LogP contribution in [0.3, 0.4) is 0 Å². The average Bonchev–Trinajstić information content (AvgIpc) is 3.06. The van der Waals surface area contributed by atoms with Crippen LogP contribution < -0.4 is 10.6 Å². The Morgan fingerprint density at radius 2 is 1.94 bits per heavy atom. The molecule has 7 nitrogen and oxygen atoms in total. The zero-order valence-electron chi connectivity index (χ0n) is 19.6. The van der Waals surface area contributed by atoms with Gasteiger partial charge in [0.15, 0.2) is 0 Å². The number of carbonyl (C=O) groups is 2. The van der Waals surface area contributed by atoms with Crippen LogP contribution in [0.4, 0.5) is 0 Å². The summed E-state index contributed by atoms with van der Waals surface area (Å²) in [4.78, 5) is 28.0. The zero-order valence-corrected chi connectivity index (χ0v) is 19.6. The molecule has 1 saturated heterocycles. The van der Waals surface area contributed by atoms with E-state index in [0.29, 0.717) is 24.9 Å². The third-order valence-corrected chi connectivity index (χ3v) is 7.33. The van der Waals surface area contributed by atoms with Crippen LogP contribution in [0.15, 0.2) is 30.3 Å². The minimum absolute atomic E-state index is 0.00130. The molecule has 2 N–H and O–H groups in total. The van der Waals surface area contributed by atoms with Crippen molar-refractivity contribution in [2.45, 2.75) is 59.0 Å². The highest BCUT2D eigenvalue weighted by Gasteiger charge is 2.37. The van der Waals surface area contributed by atoms with Gasteiger partial charge in [0.1, 0.15) is 6.04 Å². The Hall–Kier alpha value is -2.67. The first-order chi connectivity index (χ1) is 15.4. The number of rotatable bonds is 5. The molecule has 0 spiro atoms. The molecular formula is C25H35N5O2. The molecule has 2 aliphatic rings. The van der Waals surface area contributed by atoms with Crippen LogP contribution in [0.5, 0.6) is 0 Å². The molecule has 2 amide bonds. The van der Waals surface area contributed by atoms with Crippen molar-refractivity contribution in [1.82, 2.24) is 25.3 Å². The number of para-hydroxylation sites is 1. The predicted molar refractivity (Wildman–Crippen MR) is 124 cm³/mol. The topological polar surface area (TPSA) is 79.3 Å². The van der Waals surface area contributed by atoms with Crippen molar-refractivity contribution in [2.24, 2.45) is 11.8 Å². The third-order valence-electron chi connectivity index (χ3n) is 7.33. The number of nitrogens with one attached hydrogen (secondary N) is 2. The molecule has 1 aromatic heterocycles. The molecule has 2 aromatic rings. The van der Waals surface area contributed by atoms with E-state index in [1.165, 1.54) is 6.42 Å². The van der Waals surface area contributed by atoms with E-state index in [0.717, 1.165) is 35.5 Å². The van der Waals surface area contributed by atoms with Crippen LogP contribution >= 0.6 is 0 Å². The van der Waals surface area contributed by atoms with Crippen molar-refractivity contribution in [2.75, 3.05) is 19.6 Å². The maximum Gasteiger partial charge on any atom is 0.242 e. The Morgan fingerprint density at radius 3 is 2.69 bits per heavy atom. The highest BCUT2D eigenvalue weighted by atomic mass is 16.2. The Morgan fingerprint density at radius 1 is 1.19 bits per heavy atom. The number of amides is 2. The minimum Gasteiger partial charge on any atom is -0.353 e. The number of nitrogens with zero attached hydrogens (tertiary/aromatic N) is 3. The van der Waals surface area contributed by atoms with Gasteiger partial charge in [-0.25, -0.2) is 4.68 Å². The number of hydrogen-bond donors (Lipinski definition) is 2. The van der Waals surface area contributed by atoms with E-state index in [9.17, 15) is 9.59 Å².